The number of carbonyl (C=O) groups is 1. The van der Waals surface area contributed by atoms with Crippen molar-refractivity contribution < 1.29 is 9.18 Å². The summed E-state index contributed by atoms with van der Waals surface area (Å²) in [6, 6.07) is 11.7. The third-order valence-corrected chi connectivity index (χ3v) is 7.43. The van der Waals surface area contributed by atoms with Crippen molar-refractivity contribution in [3.05, 3.63) is 71.4 Å². The van der Waals surface area contributed by atoms with E-state index in [9.17, 15) is 9.18 Å². The van der Waals surface area contributed by atoms with Gasteiger partial charge in [-0.25, -0.2) is 9.37 Å². The van der Waals surface area contributed by atoms with Crippen molar-refractivity contribution in [3.8, 4) is 6.07 Å². The number of rotatable bonds is 5. The fraction of sp³-hybridized carbons (Fsp3) is 0.385. The van der Waals surface area contributed by atoms with Crippen LogP contribution in [0.5, 0.6) is 0 Å². The van der Waals surface area contributed by atoms with Crippen LogP contribution in [0.25, 0.3) is 10.9 Å². The molecule has 32 heavy (non-hydrogen) atoms. The predicted molar refractivity (Wildman–Crippen MR) is 119 cm³/mol. The minimum atomic E-state index is -0.467. The Labute approximate surface area is 186 Å². The summed E-state index contributed by atoms with van der Waals surface area (Å²) in [5, 5.41) is 9.77. The van der Waals surface area contributed by atoms with Crippen LogP contribution in [0.4, 0.5) is 4.39 Å². The molecule has 0 bridgehead atoms. The van der Waals surface area contributed by atoms with Gasteiger partial charge in [-0.3, -0.25) is 9.78 Å². The van der Waals surface area contributed by atoms with Gasteiger partial charge < -0.3 is 5.73 Å². The standard InChI is InChI=1S/C26H25FN4O/c27-20-2-4-24-23(12-20)22(5-6-30-24)18-8-16-10-19(11-17(16)9-18)26(29)25(32)7-15-1-3-21(13-28)31-14-15/h1-6,12,14,16-19,26H,7-11,29H2/t16-,17+,18?,19?,26?. The van der Waals surface area contributed by atoms with Crippen molar-refractivity contribution in [2.45, 2.75) is 44.1 Å². The molecule has 0 aliphatic heterocycles. The van der Waals surface area contributed by atoms with Crippen LogP contribution in [-0.2, 0) is 11.2 Å². The minimum absolute atomic E-state index is 0.0358. The van der Waals surface area contributed by atoms with Crippen LogP contribution in [0.3, 0.4) is 0 Å². The van der Waals surface area contributed by atoms with Crippen LogP contribution in [0, 0.1) is 34.9 Å². The molecule has 5 rings (SSSR count). The van der Waals surface area contributed by atoms with Crippen molar-refractivity contribution in [2.24, 2.45) is 23.5 Å². The van der Waals surface area contributed by atoms with Gasteiger partial charge in [0.1, 0.15) is 17.6 Å². The zero-order chi connectivity index (χ0) is 22.2. The van der Waals surface area contributed by atoms with Crippen LogP contribution in [-0.4, -0.2) is 21.8 Å². The quantitative estimate of drug-likeness (QED) is 0.654. The van der Waals surface area contributed by atoms with Crippen LogP contribution in [0.1, 0.15) is 48.4 Å². The van der Waals surface area contributed by atoms with E-state index in [0.717, 1.165) is 42.1 Å². The SMILES string of the molecule is N#Cc1ccc(CC(=O)C(N)C2C[C@H]3CC(c4ccnc5ccc(F)cc45)C[C@H]3C2)cn1. The number of hydrogen-bond acceptors (Lipinski definition) is 5. The molecule has 1 aromatic carbocycles. The highest BCUT2D eigenvalue weighted by Crippen LogP contribution is 2.53. The zero-order valence-corrected chi connectivity index (χ0v) is 17.7. The lowest BCUT2D eigenvalue weighted by atomic mass is 9.86. The third kappa shape index (κ3) is 3.89. The van der Waals surface area contributed by atoms with Crippen LogP contribution >= 0.6 is 0 Å². The number of pyridine rings is 2. The smallest absolute Gasteiger partial charge is 0.154 e. The van der Waals surface area contributed by atoms with Gasteiger partial charge in [0.2, 0.25) is 0 Å². The summed E-state index contributed by atoms with van der Waals surface area (Å²) in [6.45, 7) is 0. The number of nitrogens with zero attached hydrogens (tertiary/aromatic N) is 3. The Kier molecular flexibility index (Phi) is 5.44. The number of benzene rings is 1. The highest BCUT2D eigenvalue weighted by molar-refractivity contribution is 5.86. The van der Waals surface area contributed by atoms with E-state index in [0.29, 0.717) is 23.4 Å². The Balaban J connectivity index is 1.23. The first-order valence-corrected chi connectivity index (χ1v) is 11.2. The molecule has 3 unspecified atom stereocenters. The van der Waals surface area contributed by atoms with Gasteiger partial charge in [0.05, 0.1) is 11.6 Å². The van der Waals surface area contributed by atoms with E-state index < -0.39 is 6.04 Å². The monoisotopic (exact) mass is 428 g/mol. The van der Waals surface area contributed by atoms with Gasteiger partial charge in [-0.1, -0.05) is 6.07 Å². The van der Waals surface area contributed by atoms with Gasteiger partial charge in [-0.15, -0.1) is 0 Å². The summed E-state index contributed by atoms with van der Waals surface area (Å²) in [6.07, 6.45) is 7.70. The molecular formula is C26H25FN4O. The van der Waals surface area contributed by atoms with E-state index in [2.05, 4.69) is 9.97 Å². The molecule has 0 saturated heterocycles. The number of nitriles is 1. The summed E-state index contributed by atoms with van der Waals surface area (Å²) in [5.41, 5.74) is 9.55. The highest BCUT2D eigenvalue weighted by Gasteiger charge is 2.44. The van der Waals surface area contributed by atoms with E-state index in [1.165, 1.54) is 11.6 Å². The Morgan fingerprint density at radius 3 is 2.59 bits per heavy atom. The zero-order valence-electron chi connectivity index (χ0n) is 17.7. The largest absolute Gasteiger partial charge is 0.321 e. The Hall–Kier alpha value is -3.17. The number of halogens is 1. The molecule has 6 heteroatoms. The maximum atomic E-state index is 13.9. The van der Waals surface area contributed by atoms with Crippen molar-refractivity contribution in [1.29, 1.82) is 5.26 Å². The summed E-state index contributed by atoms with van der Waals surface area (Å²) in [7, 11) is 0. The first-order chi connectivity index (χ1) is 15.5. The molecule has 162 valence electrons. The third-order valence-electron chi connectivity index (χ3n) is 7.43. The maximum absolute atomic E-state index is 13.9. The molecule has 2 fully saturated rings. The predicted octanol–water partition coefficient (Wildman–Crippen LogP) is 4.30. The fourth-order valence-corrected chi connectivity index (χ4v) is 5.88. The number of Topliss-reactive ketones (excluding diaryl/α,β-unsaturated/α-hetero) is 1. The minimum Gasteiger partial charge on any atom is -0.321 e. The summed E-state index contributed by atoms with van der Waals surface area (Å²) < 4.78 is 13.9. The molecule has 5 nitrogen and oxygen atoms in total. The second kappa shape index (κ2) is 8.40. The van der Waals surface area contributed by atoms with E-state index in [-0.39, 0.29) is 23.9 Å². The molecule has 2 saturated carbocycles. The average molecular weight is 429 g/mol. The fourth-order valence-electron chi connectivity index (χ4n) is 5.88. The van der Waals surface area contributed by atoms with Crippen LogP contribution in [0.15, 0.2) is 48.8 Å². The molecule has 2 aromatic heterocycles. The van der Waals surface area contributed by atoms with Crippen molar-refractivity contribution >= 4 is 16.7 Å². The molecule has 3 aromatic rings. The Morgan fingerprint density at radius 1 is 1.12 bits per heavy atom. The lowest BCUT2D eigenvalue weighted by Crippen LogP contribution is -2.38. The lowest BCUT2D eigenvalue weighted by molar-refractivity contribution is -0.120. The Bertz CT molecular complexity index is 1190. The number of ketones is 1. The average Bonchev–Trinajstić information content (AvgIpc) is 3.38. The molecule has 0 radical (unpaired) electrons. The first kappa shape index (κ1) is 20.7. The molecule has 5 atom stereocenters. The molecular weight excluding hydrogens is 403 g/mol. The van der Waals surface area contributed by atoms with E-state index >= 15 is 0 Å². The van der Waals surface area contributed by atoms with Gasteiger partial charge >= 0.3 is 0 Å². The lowest BCUT2D eigenvalue weighted by Gasteiger charge is -2.21. The number of hydrogen-bond donors (Lipinski definition) is 1. The number of carbonyl (C=O) groups excluding carboxylic acids is 1. The number of aromatic nitrogens is 2. The van der Waals surface area contributed by atoms with E-state index in [1.807, 2.05) is 18.3 Å². The Morgan fingerprint density at radius 2 is 1.91 bits per heavy atom. The highest BCUT2D eigenvalue weighted by atomic mass is 19.1. The van der Waals surface area contributed by atoms with Gasteiger partial charge in [0, 0.05) is 24.2 Å². The van der Waals surface area contributed by atoms with Gasteiger partial charge in [-0.2, -0.15) is 5.26 Å². The first-order valence-electron chi connectivity index (χ1n) is 11.2. The molecule has 0 spiro atoms. The summed E-state index contributed by atoms with van der Waals surface area (Å²) >= 11 is 0. The van der Waals surface area contributed by atoms with E-state index in [1.54, 1.807) is 30.5 Å². The van der Waals surface area contributed by atoms with Crippen LogP contribution < -0.4 is 5.73 Å². The maximum Gasteiger partial charge on any atom is 0.154 e. The molecule has 2 aliphatic rings. The second-order valence-electron chi connectivity index (χ2n) is 9.31. The van der Waals surface area contributed by atoms with Crippen molar-refractivity contribution in [3.63, 3.8) is 0 Å². The van der Waals surface area contributed by atoms with Crippen LogP contribution in [0.2, 0.25) is 0 Å². The summed E-state index contributed by atoms with van der Waals surface area (Å²) in [4.78, 5) is 21.2. The topological polar surface area (TPSA) is 92.7 Å². The van der Waals surface area contributed by atoms with Gasteiger partial charge in [0.25, 0.3) is 0 Å². The molecule has 2 N–H and O–H groups in total. The molecule has 2 heterocycles. The van der Waals surface area contributed by atoms with E-state index in [4.69, 9.17) is 11.0 Å². The van der Waals surface area contributed by atoms with Crippen molar-refractivity contribution in [2.75, 3.05) is 0 Å². The number of nitrogens with two attached hydrogens (primary N) is 1. The van der Waals surface area contributed by atoms with Crippen molar-refractivity contribution in [1.82, 2.24) is 9.97 Å². The normalized spacial score (nSPS) is 25.4. The second-order valence-corrected chi connectivity index (χ2v) is 9.31. The number of fused-ring (bicyclic) bond motifs is 2. The van der Waals surface area contributed by atoms with Gasteiger partial charge in [-0.05, 0) is 90.8 Å². The molecule has 0 amide bonds. The molecule has 2 aliphatic carbocycles. The van der Waals surface area contributed by atoms with Gasteiger partial charge in [0.15, 0.2) is 5.78 Å². The summed E-state index contributed by atoms with van der Waals surface area (Å²) in [5.74, 6) is 1.52.